The average Bonchev–Trinajstić information content (AvgIpc) is 3.39. The molecule has 1 unspecified atom stereocenters. The molecule has 0 bridgehead atoms. The Labute approximate surface area is 175 Å². The molecule has 0 radical (unpaired) electrons. The molecule has 156 valence electrons. The van der Waals surface area contributed by atoms with Crippen LogP contribution in [-0.2, 0) is 0 Å². The van der Waals surface area contributed by atoms with Crippen molar-refractivity contribution in [1.82, 2.24) is 34.4 Å². The monoisotopic (exact) mass is 404 g/mol. The molecule has 1 aliphatic rings. The van der Waals surface area contributed by atoms with E-state index in [1.807, 2.05) is 0 Å². The van der Waals surface area contributed by atoms with Crippen molar-refractivity contribution in [3.05, 3.63) is 42.7 Å². The lowest BCUT2D eigenvalue weighted by atomic mass is 10.0. The Balaban J connectivity index is 1.49. The van der Waals surface area contributed by atoms with Crippen LogP contribution in [0.25, 0.3) is 22.2 Å². The van der Waals surface area contributed by atoms with Gasteiger partial charge in [-0.1, -0.05) is 12.1 Å². The predicted molar refractivity (Wildman–Crippen MR) is 118 cm³/mol. The van der Waals surface area contributed by atoms with Gasteiger partial charge in [0.25, 0.3) is 0 Å². The third-order valence-electron chi connectivity index (χ3n) is 6.18. The summed E-state index contributed by atoms with van der Waals surface area (Å²) < 4.78 is 2.45. The van der Waals surface area contributed by atoms with E-state index >= 15 is 0 Å². The van der Waals surface area contributed by atoms with Crippen LogP contribution in [0.4, 0.5) is 5.82 Å². The van der Waals surface area contributed by atoms with Crippen molar-refractivity contribution >= 4 is 28.0 Å². The summed E-state index contributed by atoms with van der Waals surface area (Å²) in [6.45, 7) is 8.94. The summed E-state index contributed by atoms with van der Waals surface area (Å²) in [5.41, 5.74) is 3.73. The molecule has 0 spiro atoms. The van der Waals surface area contributed by atoms with Crippen LogP contribution in [0.1, 0.15) is 51.5 Å². The van der Waals surface area contributed by atoms with Gasteiger partial charge in [0.2, 0.25) is 0 Å². The largest absolute Gasteiger partial charge is 0.358 e. The number of anilines is 1. The average molecular weight is 405 g/mol. The normalized spacial score (nSPS) is 17.2. The number of piperidine rings is 1. The van der Waals surface area contributed by atoms with Crippen LogP contribution in [0.15, 0.2) is 36.9 Å². The fourth-order valence-electron chi connectivity index (χ4n) is 4.55. The Morgan fingerprint density at radius 1 is 1.07 bits per heavy atom. The van der Waals surface area contributed by atoms with Gasteiger partial charge in [0, 0.05) is 25.2 Å². The van der Waals surface area contributed by atoms with Crippen LogP contribution < -0.4 is 5.32 Å². The van der Waals surface area contributed by atoms with Crippen LogP contribution in [-0.4, -0.2) is 53.5 Å². The Kier molecular flexibility index (Phi) is 4.86. The number of aromatic amines is 1. The number of likely N-dealkylation sites (tertiary alicyclic amines) is 1. The van der Waals surface area contributed by atoms with Gasteiger partial charge < -0.3 is 19.8 Å². The molecule has 1 atom stereocenters. The van der Waals surface area contributed by atoms with E-state index in [-0.39, 0.29) is 6.04 Å². The zero-order valence-corrected chi connectivity index (χ0v) is 17.7. The third-order valence-corrected chi connectivity index (χ3v) is 6.18. The van der Waals surface area contributed by atoms with Crippen molar-refractivity contribution in [3.8, 4) is 0 Å². The van der Waals surface area contributed by atoms with Gasteiger partial charge >= 0.3 is 0 Å². The highest BCUT2D eigenvalue weighted by molar-refractivity contribution is 5.82. The van der Waals surface area contributed by atoms with Crippen molar-refractivity contribution in [2.45, 2.75) is 51.7 Å². The first-order chi connectivity index (χ1) is 14.6. The minimum atomic E-state index is -0.0182. The van der Waals surface area contributed by atoms with Gasteiger partial charge in [-0.25, -0.2) is 19.9 Å². The number of benzene rings is 1. The minimum Gasteiger partial charge on any atom is -0.358 e. The van der Waals surface area contributed by atoms with E-state index in [1.54, 1.807) is 12.7 Å². The Bertz CT molecular complexity index is 1150. The van der Waals surface area contributed by atoms with Gasteiger partial charge in [0.1, 0.15) is 17.7 Å². The summed E-state index contributed by atoms with van der Waals surface area (Å²) >= 11 is 0. The van der Waals surface area contributed by atoms with E-state index in [9.17, 15) is 0 Å². The molecule has 5 rings (SSSR count). The van der Waals surface area contributed by atoms with Crippen molar-refractivity contribution in [1.29, 1.82) is 0 Å². The first kappa shape index (κ1) is 19.0. The van der Waals surface area contributed by atoms with Crippen molar-refractivity contribution in [2.24, 2.45) is 0 Å². The maximum atomic E-state index is 5.02. The molecule has 1 saturated heterocycles. The van der Waals surface area contributed by atoms with E-state index in [0.29, 0.717) is 12.1 Å². The molecule has 1 fully saturated rings. The Morgan fingerprint density at radius 3 is 2.67 bits per heavy atom. The van der Waals surface area contributed by atoms with Crippen molar-refractivity contribution in [2.75, 3.05) is 18.4 Å². The topological polar surface area (TPSA) is 87.5 Å². The molecule has 30 heavy (non-hydrogen) atoms. The molecule has 0 amide bonds. The molecule has 1 aliphatic heterocycles. The van der Waals surface area contributed by atoms with Crippen LogP contribution >= 0.6 is 0 Å². The highest BCUT2D eigenvalue weighted by Crippen LogP contribution is 2.33. The molecule has 4 aromatic rings. The number of fused-ring (bicyclic) bond motifs is 2. The lowest BCUT2D eigenvalue weighted by molar-refractivity contribution is 0.152. The first-order valence-electron chi connectivity index (χ1n) is 10.7. The van der Waals surface area contributed by atoms with Crippen LogP contribution in [0.2, 0.25) is 0 Å². The molecule has 1 aromatic carbocycles. The summed E-state index contributed by atoms with van der Waals surface area (Å²) in [4.78, 5) is 23.7. The first-order valence-corrected chi connectivity index (χ1v) is 10.7. The van der Waals surface area contributed by atoms with Gasteiger partial charge in [-0.2, -0.15) is 0 Å². The van der Waals surface area contributed by atoms with E-state index < -0.39 is 0 Å². The molecular weight excluding hydrogens is 376 g/mol. The van der Waals surface area contributed by atoms with Gasteiger partial charge in [0.05, 0.1) is 23.4 Å². The van der Waals surface area contributed by atoms with Crippen molar-refractivity contribution < 1.29 is 0 Å². The van der Waals surface area contributed by atoms with Crippen LogP contribution in [0, 0.1) is 0 Å². The number of aromatic nitrogens is 6. The highest BCUT2D eigenvalue weighted by atomic mass is 15.2. The van der Waals surface area contributed by atoms with E-state index in [2.05, 4.69) is 79.8 Å². The number of para-hydroxylation sites is 2. The van der Waals surface area contributed by atoms with Crippen molar-refractivity contribution in [3.63, 3.8) is 0 Å². The van der Waals surface area contributed by atoms with Gasteiger partial charge in [0.15, 0.2) is 11.5 Å². The fraction of sp³-hybridized carbons (Fsp3) is 0.455. The minimum absolute atomic E-state index is 0.0182. The summed E-state index contributed by atoms with van der Waals surface area (Å²) in [5.74, 6) is 1.77. The molecule has 8 nitrogen and oxygen atoms in total. The summed E-state index contributed by atoms with van der Waals surface area (Å²) in [7, 11) is 0. The molecule has 2 N–H and O–H groups in total. The predicted octanol–water partition coefficient (Wildman–Crippen LogP) is 3.92. The SMILES string of the molecule is CC(Nc1ncnc2[nH]cnc12)c1nc2ccccc2n1C1CCN(C(C)C)CC1. The summed E-state index contributed by atoms with van der Waals surface area (Å²) in [5, 5.41) is 3.53. The lowest BCUT2D eigenvalue weighted by Crippen LogP contribution is -2.39. The molecule has 0 aliphatic carbocycles. The standard InChI is InChI=1S/C22H28N8/c1-14(2)29-10-8-16(9-11-29)30-18-7-5-4-6-17(18)28-22(30)15(3)27-21-19-20(24-12-23-19)25-13-26-21/h4-7,12-16H,8-11H2,1-3H3,(H2,23,24,25,26,27). The number of nitrogens with zero attached hydrogens (tertiary/aromatic N) is 6. The van der Waals surface area contributed by atoms with Crippen LogP contribution in [0.5, 0.6) is 0 Å². The van der Waals surface area contributed by atoms with Crippen LogP contribution in [0.3, 0.4) is 0 Å². The Morgan fingerprint density at radius 2 is 1.87 bits per heavy atom. The molecule has 3 aromatic heterocycles. The summed E-state index contributed by atoms with van der Waals surface area (Å²) in [6, 6.07) is 9.47. The Hall–Kier alpha value is -3.00. The summed E-state index contributed by atoms with van der Waals surface area (Å²) in [6.07, 6.45) is 5.47. The van der Waals surface area contributed by atoms with Gasteiger partial charge in [-0.05, 0) is 45.7 Å². The number of imidazole rings is 2. The molecule has 4 heterocycles. The highest BCUT2D eigenvalue weighted by Gasteiger charge is 2.27. The number of hydrogen-bond donors (Lipinski definition) is 2. The zero-order valence-electron chi connectivity index (χ0n) is 17.7. The number of hydrogen-bond acceptors (Lipinski definition) is 6. The second-order valence-corrected chi connectivity index (χ2v) is 8.38. The quantitative estimate of drug-likeness (QED) is 0.524. The maximum absolute atomic E-state index is 5.02. The van der Waals surface area contributed by atoms with E-state index in [0.717, 1.165) is 54.3 Å². The van der Waals surface area contributed by atoms with E-state index in [4.69, 9.17) is 4.98 Å². The van der Waals surface area contributed by atoms with Gasteiger partial charge in [-0.3, -0.25) is 0 Å². The second kappa shape index (κ2) is 7.68. The zero-order chi connectivity index (χ0) is 20.7. The number of H-pyrrole nitrogens is 1. The molecular formula is C22H28N8. The fourth-order valence-corrected chi connectivity index (χ4v) is 4.55. The molecule has 0 saturated carbocycles. The maximum Gasteiger partial charge on any atom is 0.162 e. The van der Waals surface area contributed by atoms with Gasteiger partial charge in [-0.15, -0.1) is 0 Å². The number of rotatable bonds is 5. The third kappa shape index (κ3) is 3.31. The smallest absolute Gasteiger partial charge is 0.162 e. The van der Waals surface area contributed by atoms with E-state index in [1.165, 1.54) is 5.52 Å². The number of nitrogens with one attached hydrogen (secondary N) is 2. The second-order valence-electron chi connectivity index (χ2n) is 8.38. The molecule has 8 heteroatoms. The lowest BCUT2D eigenvalue weighted by Gasteiger charge is -2.36.